The minimum Gasteiger partial charge on any atom is -1.00 e. The molecule has 0 saturated carbocycles. The molecule has 84 valence electrons. The van der Waals surface area contributed by atoms with E-state index in [1.807, 2.05) is 0 Å². The van der Waals surface area contributed by atoms with Crippen molar-refractivity contribution >= 4 is 0 Å². The fraction of sp³-hybridized carbons (Fsp3) is 0.500. The highest BCUT2D eigenvalue weighted by atomic mass is 79.9. The Kier molecular flexibility index (Phi) is 4.77. The molecule has 1 aromatic rings. The van der Waals surface area contributed by atoms with Gasteiger partial charge in [0.25, 0.3) is 0 Å². The van der Waals surface area contributed by atoms with E-state index >= 15 is 0 Å². The van der Waals surface area contributed by atoms with Gasteiger partial charge in [-0.25, -0.2) is 0 Å². The summed E-state index contributed by atoms with van der Waals surface area (Å²) in [6.45, 7) is 5.21. The molecule has 1 fully saturated rings. The van der Waals surface area contributed by atoms with E-state index < -0.39 is 0 Å². The molecule has 0 amide bonds. The first-order valence-electron chi connectivity index (χ1n) is 5.24. The molecule has 0 unspecified atom stereocenters. The van der Waals surface area contributed by atoms with E-state index in [9.17, 15) is 0 Å². The minimum atomic E-state index is 0. The van der Waals surface area contributed by atoms with Crippen molar-refractivity contribution in [2.75, 3.05) is 33.4 Å². The van der Waals surface area contributed by atoms with Crippen LogP contribution in [0.3, 0.4) is 0 Å². The fourth-order valence-corrected chi connectivity index (χ4v) is 1.97. The van der Waals surface area contributed by atoms with Gasteiger partial charge in [0.2, 0.25) is 0 Å². The van der Waals surface area contributed by atoms with Crippen molar-refractivity contribution in [3.8, 4) is 0 Å². The highest BCUT2D eigenvalue weighted by molar-refractivity contribution is 5.13. The number of hydrogen-bond donors (Lipinski definition) is 0. The Morgan fingerprint density at radius 1 is 1.13 bits per heavy atom. The lowest BCUT2D eigenvalue weighted by Crippen LogP contribution is -3.00. The molecule has 0 spiro atoms. The highest BCUT2D eigenvalue weighted by Crippen LogP contribution is 2.13. The molecule has 3 heteroatoms. The first-order valence-corrected chi connectivity index (χ1v) is 5.24. The molecular formula is C12H18BrNO. The van der Waals surface area contributed by atoms with Crippen LogP contribution in [0.15, 0.2) is 30.3 Å². The van der Waals surface area contributed by atoms with Crippen LogP contribution in [0.25, 0.3) is 0 Å². The molecule has 0 aliphatic carbocycles. The van der Waals surface area contributed by atoms with Crippen molar-refractivity contribution in [2.45, 2.75) is 6.54 Å². The zero-order chi connectivity index (χ0) is 9.86. The average Bonchev–Trinajstić information content (AvgIpc) is 2.19. The van der Waals surface area contributed by atoms with Crippen molar-refractivity contribution in [2.24, 2.45) is 0 Å². The monoisotopic (exact) mass is 271 g/mol. The predicted molar refractivity (Wildman–Crippen MR) is 56.9 cm³/mol. The first-order chi connectivity index (χ1) is 6.79. The molecule has 0 radical (unpaired) electrons. The molecule has 1 aromatic carbocycles. The Balaban J connectivity index is 0.00000112. The van der Waals surface area contributed by atoms with Crippen LogP contribution in [0.1, 0.15) is 5.56 Å². The van der Waals surface area contributed by atoms with E-state index in [1.165, 1.54) is 5.56 Å². The standard InChI is InChI=1S/C12H18NO.BrH/c1-13(7-9-14-10-8-13)11-12-5-3-2-4-6-12;/h2-6H,7-11H2,1H3;1H/q+1;/p-1. The van der Waals surface area contributed by atoms with Gasteiger partial charge in [0.15, 0.2) is 0 Å². The van der Waals surface area contributed by atoms with Gasteiger partial charge in [-0.15, -0.1) is 0 Å². The van der Waals surface area contributed by atoms with Crippen LogP contribution in [0, 0.1) is 0 Å². The van der Waals surface area contributed by atoms with Gasteiger partial charge in [0.05, 0.1) is 20.3 Å². The number of quaternary nitrogens is 1. The second-order valence-electron chi connectivity index (χ2n) is 4.32. The topological polar surface area (TPSA) is 9.23 Å². The van der Waals surface area contributed by atoms with E-state index in [1.54, 1.807) is 0 Å². The Morgan fingerprint density at radius 3 is 2.33 bits per heavy atom. The average molecular weight is 272 g/mol. The predicted octanol–water partition coefficient (Wildman–Crippen LogP) is -1.33. The van der Waals surface area contributed by atoms with Crippen molar-refractivity contribution in [1.82, 2.24) is 0 Å². The lowest BCUT2D eigenvalue weighted by Gasteiger charge is -2.37. The Bertz CT molecular complexity index is 283. The van der Waals surface area contributed by atoms with Crippen LogP contribution >= 0.6 is 0 Å². The number of rotatable bonds is 2. The number of ether oxygens (including phenoxy) is 1. The number of hydrogen-bond acceptors (Lipinski definition) is 1. The zero-order valence-corrected chi connectivity index (χ0v) is 10.7. The molecule has 0 bridgehead atoms. The number of morpholine rings is 1. The maximum atomic E-state index is 5.39. The molecule has 1 heterocycles. The van der Waals surface area contributed by atoms with E-state index in [-0.39, 0.29) is 17.0 Å². The summed E-state index contributed by atoms with van der Waals surface area (Å²) in [7, 11) is 2.32. The molecule has 1 saturated heterocycles. The Labute approximate surface area is 102 Å². The molecule has 0 N–H and O–H groups in total. The molecule has 2 nitrogen and oxygen atoms in total. The zero-order valence-electron chi connectivity index (χ0n) is 9.16. The first kappa shape index (κ1) is 12.7. The summed E-state index contributed by atoms with van der Waals surface area (Å²) in [6, 6.07) is 10.7. The third-order valence-electron chi connectivity index (χ3n) is 2.96. The van der Waals surface area contributed by atoms with Crippen LogP contribution in [-0.2, 0) is 11.3 Å². The van der Waals surface area contributed by atoms with Gasteiger partial charge < -0.3 is 26.2 Å². The fourth-order valence-electron chi connectivity index (χ4n) is 1.97. The van der Waals surface area contributed by atoms with E-state index in [0.29, 0.717) is 0 Å². The van der Waals surface area contributed by atoms with Gasteiger partial charge in [-0.1, -0.05) is 30.3 Å². The summed E-state index contributed by atoms with van der Waals surface area (Å²) in [6.07, 6.45) is 0. The summed E-state index contributed by atoms with van der Waals surface area (Å²) < 4.78 is 6.50. The van der Waals surface area contributed by atoms with Crippen LogP contribution in [0.5, 0.6) is 0 Å². The quantitative estimate of drug-likeness (QED) is 0.606. The molecule has 0 aromatic heterocycles. The maximum absolute atomic E-state index is 5.39. The third kappa shape index (κ3) is 3.59. The van der Waals surface area contributed by atoms with E-state index in [2.05, 4.69) is 37.4 Å². The van der Waals surface area contributed by atoms with Crippen molar-refractivity contribution in [3.05, 3.63) is 35.9 Å². The Hall–Kier alpha value is -0.380. The van der Waals surface area contributed by atoms with Gasteiger partial charge >= 0.3 is 0 Å². The number of likely N-dealkylation sites (N-methyl/N-ethyl adjacent to an activating group) is 1. The molecule has 0 atom stereocenters. The van der Waals surface area contributed by atoms with Crippen LogP contribution < -0.4 is 17.0 Å². The summed E-state index contributed by atoms with van der Waals surface area (Å²) in [5, 5.41) is 0. The smallest absolute Gasteiger partial charge is 0.104 e. The summed E-state index contributed by atoms with van der Waals surface area (Å²) >= 11 is 0. The van der Waals surface area contributed by atoms with Gasteiger partial charge in [0, 0.05) is 5.56 Å². The van der Waals surface area contributed by atoms with E-state index in [0.717, 1.165) is 37.3 Å². The lowest BCUT2D eigenvalue weighted by atomic mass is 10.2. The number of nitrogens with zero attached hydrogens (tertiary/aromatic N) is 1. The SMILES string of the molecule is C[N+]1(Cc2ccccc2)CCOCC1.[Br-]. The van der Waals surface area contributed by atoms with Gasteiger partial charge in [-0.2, -0.15) is 0 Å². The Morgan fingerprint density at radius 2 is 1.73 bits per heavy atom. The van der Waals surface area contributed by atoms with Crippen molar-refractivity contribution < 1.29 is 26.2 Å². The van der Waals surface area contributed by atoms with E-state index in [4.69, 9.17) is 4.74 Å². The van der Waals surface area contributed by atoms with Crippen molar-refractivity contribution in [1.29, 1.82) is 0 Å². The molecule has 2 rings (SSSR count). The van der Waals surface area contributed by atoms with Gasteiger partial charge in [-0.3, -0.25) is 0 Å². The largest absolute Gasteiger partial charge is 1.00 e. The molecule has 15 heavy (non-hydrogen) atoms. The number of halogens is 1. The second-order valence-corrected chi connectivity index (χ2v) is 4.32. The van der Waals surface area contributed by atoms with Gasteiger partial charge in [0.1, 0.15) is 19.6 Å². The molecule has 1 aliphatic rings. The normalized spacial score (nSPS) is 19.3. The van der Waals surface area contributed by atoms with Crippen molar-refractivity contribution in [3.63, 3.8) is 0 Å². The lowest BCUT2D eigenvalue weighted by molar-refractivity contribution is -0.929. The highest BCUT2D eigenvalue weighted by Gasteiger charge is 2.24. The number of benzene rings is 1. The summed E-state index contributed by atoms with van der Waals surface area (Å²) in [5.74, 6) is 0. The maximum Gasteiger partial charge on any atom is 0.104 e. The van der Waals surface area contributed by atoms with Crippen LogP contribution in [-0.4, -0.2) is 37.8 Å². The van der Waals surface area contributed by atoms with Gasteiger partial charge in [-0.05, 0) is 0 Å². The molecular weight excluding hydrogens is 254 g/mol. The second kappa shape index (κ2) is 5.64. The summed E-state index contributed by atoms with van der Waals surface area (Å²) in [4.78, 5) is 0. The molecule has 1 aliphatic heterocycles. The summed E-state index contributed by atoms with van der Waals surface area (Å²) in [5.41, 5.74) is 1.43. The van der Waals surface area contributed by atoms with Crippen LogP contribution in [0.4, 0.5) is 0 Å². The minimum absolute atomic E-state index is 0. The third-order valence-corrected chi connectivity index (χ3v) is 2.96. The van der Waals surface area contributed by atoms with Crippen LogP contribution in [0.2, 0.25) is 0 Å².